The van der Waals surface area contributed by atoms with Gasteiger partial charge in [0.1, 0.15) is 0 Å². The summed E-state index contributed by atoms with van der Waals surface area (Å²) in [6.45, 7) is 5.83. The van der Waals surface area contributed by atoms with Gasteiger partial charge in [-0.25, -0.2) is 13.1 Å². The normalized spacial score (nSPS) is 12.0. The summed E-state index contributed by atoms with van der Waals surface area (Å²) < 4.78 is 29.7. The van der Waals surface area contributed by atoms with Crippen LogP contribution in [0.1, 0.15) is 19.5 Å². The molecule has 0 saturated heterocycles. The standard InChI is InChI=1S/C15H21N3O3S/c1-5-17(6-2)22(20,21)14-12(3)16(4)18(15(14)19)13-10-8-7-9-11-13/h7-11H,5-6H2,1-4H3. The first-order valence-electron chi connectivity index (χ1n) is 7.20. The molecule has 0 aliphatic heterocycles. The van der Waals surface area contributed by atoms with Crippen molar-refractivity contribution in [3.05, 3.63) is 46.4 Å². The summed E-state index contributed by atoms with van der Waals surface area (Å²) in [5.74, 6) is 0. The van der Waals surface area contributed by atoms with Crippen LogP contribution in [0.3, 0.4) is 0 Å². The van der Waals surface area contributed by atoms with E-state index in [4.69, 9.17) is 0 Å². The van der Waals surface area contributed by atoms with Gasteiger partial charge >= 0.3 is 0 Å². The highest BCUT2D eigenvalue weighted by atomic mass is 32.2. The van der Waals surface area contributed by atoms with Gasteiger partial charge in [0, 0.05) is 20.1 Å². The Morgan fingerprint density at radius 1 is 1.09 bits per heavy atom. The van der Waals surface area contributed by atoms with Crippen molar-refractivity contribution in [3.63, 3.8) is 0 Å². The van der Waals surface area contributed by atoms with E-state index in [0.717, 1.165) is 0 Å². The molecule has 0 N–H and O–H groups in total. The van der Waals surface area contributed by atoms with Gasteiger partial charge in [0.05, 0.1) is 11.4 Å². The largest absolute Gasteiger partial charge is 0.291 e. The fourth-order valence-corrected chi connectivity index (χ4v) is 4.28. The molecule has 7 heteroatoms. The second-order valence-corrected chi connectivity index (χ2v) is 6.85. The van der Waals surface area contributed by atoms with Gasteiger partial charge in [-0.3, -0.25) is 9.48 Å². The summed E-state index contributed by atoms with van der Waals surface area (Å²) in [7, 11) is -2.11. The third kappa shape index (κ3) is 2.50. The van der Waals surface area contributed by atoms with E-state index < -0.39 is 15.6 Å². The van der Waals surface area contributed by atoms with E-state index in [9.17, 15) is 13.2 Å². The Balaban J connectivity index is 2.75. The van der Waals surface area contributed by atoms with Crippen molar-refractivity contribution in [1.29, 1.82) is 0 Å². The van der Waals surface area contributed by atoms with Crippen LogP contribution in [0.25, 0.3) is 5.69 Å². The average Bonchev–Trinajstić information content (AvgIpc) is 2.71. The van der Waals surface area contributed by atoms with Gasteiger partial charge in [-0.15, -0.1) is 0 Å². The lowest BCUT2D eigenvalue weighted by molar-refractivity contribution is 0.444. The Labute approximate surface area is 130 Å². The molecule has 0 aliphatic rings. The molecule has 0 bridgehead atoms. The molecule has 0 atom stereocenters. The highest BCUT2D eigenvalue weighted by molar-refractivity contribution is 7.89. The Morgan fingerprint density at radius 3 is 2.14 bits per heavy atom. The molecule has 1 aromatic carbocycles. The minimum Gasteiger partial charge on any atom is -0.284 e. The summed E-state index contributed by atoms with van der Waals surface area (Å²) in [5.41, 5.74) is 0.554. The zero-order valence-electron chi connectivity index (χ0n) is 13.3. The molecular weight excluding hydrogens is 302 g/mol. The molecule has 120 valence electrons. The number of benzene rings is 1. The number of para-hydroxylation sites is 1. The topological polar surface area (TPSA) is 64.3 Å². The van der Waals surface area contributed by atoms with E-state index in [1.54, 1.807) is 44.6 Å². The van der Waals surface area contributed by atoms with E-state index >= 15 is 0 Å². The molecular formula is C15H21N3O3S. The number of aromatic nitrogens is 2. The maximum absolute atomic E-state index is 12.7. The van der Waals surface area contributed by atoms with E-state index in [0.29, 0.717) is 24.5 Å². The fraction of sp³-hybridized carbons (Fsp3) is 0.400. The molecule has 0 saturated carbocycles. The van der Waals surface area contributed by atoms with Crippen LogP contribution in [0, 0.1) is 6.92 Å². The number of hydrogen-bond acceptors (Lipinski definition) is 3. The number of sulfonamides is 1. The Hall–Kier alpha value is -1.86. The molecule has 0 spiro atoms. The van der Waals surface area contributed by atoms with E-state index in [1.807, 2.05) is 18.2 Å². The third-order valence-corrected chi connectivity index (χ3v) is 5.99. The van der Waals surface area contributed by atoms with Crippen LogP contribution < -0.4 is 5.56 Å². The molecule has 1 heterocycles. The minimum absolute atomic E-state index is 0.150. The highest BCUT2D eigenvalue weighted by Gasteiger charge is 2.31. The summed E-state index contributed by atoms with van der Waals surface area (Å²) in [6, 6.07) is 9.01. The van der Waals surface area contributed by atoms with Crippen molar-refractivity contribution in [2.75, 3.05) is 13.1 Å². The maximum atomic E-state index is 12.7. The molecule has 0 amide bonds. The van der Waals surface area contributed by atoms with Gasteiger partial charge in [0.15, 0.2) is 4.90 Å². The van der Waals surface area contributed by atoms with Gasteiger partial charge in [-0.05, 0) is 19.1 Å². The van der Waals surface area contributed by atoms with Crippen LogP contribution in [0.2, 0.25) is 0 Å². The van der Waals surface area contributed by atoms with Crippen molar-refractivity contribution in [2.24, 2.45) is 7.05 Å². The smallest absolute Gasteiger partial charge is 0.284 e. The monoisotopic (exact) mass is 323 g/mol. The first-order valence-corrected chi connectivity index (χ1v) is 8.64. The van der Waals surface area contributed by atoms with Crippen molar-refractivity contribution in [3.8, 4) is 5.69 Å². The molecule has 0 unspecified atom stereocenters. The Kier molecular flexibility index (Phi) is 4.58. The van der Waals surface area contributed by atoms with Crippen LogP contribution in [-0.2, 0) is 17.1 Å². The molecule has 6 nitrogen and oxygen atoms in total. The number of rotatable bonds is 5. The zero-order valence-corrected chi connectivity index (χ0v) is 14.1. The number of hydrogen-bond donors (Lipinski definition) is 0. The second kappa shape index (κ2) is 6.10. The van der Waals surface area contributed by atoms with Crippen molar-refractivity contribution < 1.29 is 8.42 Å². The SMILES string of the molecule is CCN(CC)S(=O)(=O)c1c(C)n(C)n(-c2ccccc2)c1=O. The molecule has 0 radical (unpaired) electrons. The molecule has 1 aromatic heterocycles. The van der Waals surface area contributed by atoms with Gasteiger partial charge in [0.2, 0.25) is 10.0 Å². The highest BCUT2D eigenvalue weighted by Crippen LogP contribution is 2.18. The molecule has 0 fully saturated rings. The van der Waals surface area contributed by atoms with Crippen LogP contribution in [-0.4, -0.2) is 35.2 Å². The molecule has 22 heavy (non-hydrogen) atoms. The lowest BCUT2D eigenvalue weighted by Crippen LogP contribution is -2.34. The van der Waals surface area contributed by atoms with Crippen LogP contribution in [0.5, 0.6) is 0 Å². The molecule has 0 aliphatic carbocycles. The minimum atomic E-state index is -3.79. The van der Waals surface area contributed by atoms with Gasteiger partial charge < -0.3 is 0 Å². The van der Waals surface area contributed by atoms with Crippen LogP contribution in [0.4, 0.5) is 0 Å². The zero-order chi connectivity index (χ0) is 16.5. The van der Waals surface area contributed by atoms with E-state index in [1.165, 1.54) is 8.99 Å². The fourth-order valence-electron chi connectivity index (χ4n) is 2.53. The van der Waals surface area contributed by atoms with Crippen LogP contribution >= 0.6 is 0 Å². The van der Waals surface area contributed by atoms with Crippen molar-refractivity contribution in [1.82, 2.24) is 13.7 Å². The maximum Gasteiger partial charge on any atom is 0.291 e. The summed E-state index contributed by atoms with van der Waals surface area (Å²) in [4.78, 5) is 12.6. The van der Waals surface area contributed by atoms with Gasteiger partial charge in [-0.1, -0.05) is 32.0 Å². The summed E-state index contributed by atoms with van der Waals surface area (Å²) in [6.07, 6.45) is 0. The van der Waals surface area contributed by atoms with Crippen molar-refractivity contribution >= 4 is 10.0 Å². The van der Waals surface area contributed by atoms with E-state index in [-0.39, 0.29) is 4.90 Å². The lowest BCUT2D eigenvalue weighted by atomic mass is 10.3. The van der Waals surface area contributed by atoms with Gasteiger partial charge in [0.25, 0.3) is 5.56 Å². The van der Waals surface area contributed by atoms with Crippen molar-refractivity contribution in [2.45, 2.75) is 25.7 Å². The van der Waals surface area contributed by atoms with Crippen LogP contribution in [0.15, 0.2) is 40.0 Å². The first-order chi connectivity index (χ1) is 10.4. The van der Waals surface area contributed by atoms with Gasteiger partial charge in [-0.2, -0.15) is 4.31 Å². The summed E-state index contributed by atoms with van der Waals surface area (Å²) >= 11 is 0. The Bertz CT molecular complexity index is 816. The van der Waals surface area contributed by atoms with E-state index in [2.05, 4.69) is 0 Å². The second-order valence-electron chi connectivity index (χ2n) is 4.98. The third-order valence-electron chi connectivity index (χ3n) is 3.80. The summed E-state index contributed by atoms with van der Waals surface area (Å²) in [5, 5.41) is 0. The predicted molar refractivity (Wildman–Crippen MR) is 85.9 cm³/mol. The Morgan fingerprint density at radius 2 is 1.64 bits per heavy atom. The molecule has 2 aromatic rings. The number of nitrogens with zero attached hydrogens (tertiary/aromatic N) is 3. The first kappa shape index (κ1) is 16.5. The quantitative estimate of drug-likeness (QED) is 0.838. The predicted octanol–water partition coefficient (Wildman–Crippen LogP) is 1.51. The molecule has 2 rings (SSSR count). The lowest BCUT2D eigenvalue weighted by Gasteiger charge is -2.17. The average molecular weight is 323 g/mol.